The summed E-state index contributed by atoms with van der Waals surface area (Å²) >= 11 is 0. The Hall–Kier alpha value is -8.72. The Labute approximate surface area is 440 Å². The normalized spacial score (nSPS) is 13.3. The van der Waals surface area contributed by atoms with E-state index in [1.54, 1.807) is 0 Å². The molecule has 0 atom stereocenters. The molecule has 0 aliphatic heterocycles. The average Bonchev–Trinajstić information content (AvgIpc) is 4.29. The van der Waals surface area contributed by atoms with Gasteiger partial charge in [0.1, 0.15) is 5.58 Å². The van der Waals surface area contributed by atoms with Crippen molar-refractivity contribution in [2.24, 2.45) is 0 Å². The molecule has 0 saturated carbocycles. The van der Waals surface area contributed by atoms with Gasteiger partial charge in [0.25, 0.3) is 0 Å². The molecule has 0 unspecified atom stereocenters. The number of hydrogen-bond donors (Lipinski definition) is 0. The molecule has 0 radical (unpaired) electrons. The van der Waals surface area contributed by atoms with Crippen LogP contribution in [0.2, 0.25) is 0 Å². The summed E-state index contributed by atoms with van der Waals surface area (Å²) < 4.78 is 6.89. The minimum Gasteiger partial charge on any atom is -0.454 e. The number of fused-ring (bicyclic) bond motifs is 14. The molecule has 1 spiro atoms. The molecule has 0 amide bonds. The maximum Gasteiger partial charge on any atom is 0.159 e. The summed E-state index contributed by atoms with van der Waals surface area (Å²) in [7, 11) is 0. The van der Waals surface area contributed by atoms with Crippen molar-refractivity contribution < 1.29 is 4.42 Å². The van der Waals surface area contributed by atoms with Gasteiger partial charge in [-0.05, 0) is 159 Å². The number of benzene rings is 11. The summed E-state index contributed by atoms with van der Waals surface area (Å²) in [6.07, 6.45) is 0. The summed E-state index contributed by atoms with van der Waals surface area (Å²) in [4.78, 5) is 2.43. The van der Waals surface area contributed by atoms with Crippen LogP contribution in [0.5, 0.6) is 0 Å². The summed E-state index contributed by atoms with van der Waals surface area (Å²) in [5, 5.41) is 4.72. The van der Waals surface area contributed by atoms with Crippen LogP contribution >= 0.6 is 0 Å². The van der Waals surface area contributed by atoms with Gasteiger partial charge in [-0.2, -0.15) is 0 Å². The zero-order valence-corrected chi connectivity index (χ0v) is 43.4. The van der Waals surface area contributed by atoms with Crippen LogP contribution < -0.4 is 4.90 Å². The topological polar surface area (TPSA) is 16.4 Å². The lowest BCUT2D eigenvalue weighted by Crippen LogP contribution is -2.27. The minimum absolute atomic E-state index is 0.0778. The van der Waals surface area contributed by atoms with E-state index in [4.69, 9.17) is 4.42 Å². The van der Waals surface area contributed by atoms with Gasteiger partial charge in [0.15, 0.2) is 5.58 Å². The van der Waals surface area contributed by atoms with E-state index in [2.05, 4.69) is 283 Å². The van der Waals surface area contributed by atoms with Crippen LogP contribution in [0, 0.1) is 0 Å². The Kier molecular flexibility index (Phi) is 9.98. The zero-order valence-electron chi connectivity index (χ0n) is 43.4. The van der Waals surface area contributed by atoms with E-state index in [9.17, 15) is 0 Å². The van der Waals surface area contributed by atoms with Gasteiger partial charge in [-0.1, -0.05) is 230 Å². The van der Waals surface area contributed by atoms with Gasteiger partial charge in [-0.3, -0.25) is 0 Å². The van der Waals surface area contributed by atoms with Crippen molar-refractivity contribution in [1.29, 1.82) is 0 Å². The van der Waals surface area contributed by atoms with E-state index in [-0.39, 0.29) is 10.8 Å². The van der Waals surface area contributed by atoms with E-state index in [0.29, 0.717) is 0 Å². The fourth-order valence-corrected chi connectivity index (χ4v) is 12.6. The molecular weight excluding hydrogens is 907 g/mol. The van der Waals surface area contributed by atoms with Gasteiger partial charge < -0.3 is 9.32 Å². The van der Waals surface area contributed by atoms with Crippen molar-refractivity contribution in [2.75, 3.05) is 4.90 Å². The summed E-state index contributed by atoms with van der Waals surface area (Å²) in [6, 6.07) is 88.5. The lowest BCUT2D eigenvalue weighted by molar-refractivity contribution is 0.586. The highest BCUT2D eigenvalue weighted by Crippen LogP contribution is 2.65. The maximum atomic E-state index is 6.89. The smallest absolute Gasteiger partial charge is 0.159 e. The van der Waals surface area contributed by atoms with Gasteiger partial charge >= 0.3 is 0 Å². The standard InChI is InChI=1S/C73H57NO/c1-71(2,3)52-32-38-59-60-39-33-53(72(4,5)6)44-66(60)73(65(59)43-52)64-42-50(49-21-14-22-51(41-49)57-25-15-20-48-19-10-11-23-56(48)57)31-37-58(64)61-40-36-55(45-67(61)73)74(54-34-29-47(30-35-54)46-17-8-7-9-18-46)68-27-16-26-63-62-24-12-13-28-69(62)75-70(63)68/h7-45H,1-6H3. The quantitative estimate of drug-likeness (QED) is 0.165. The highest BCUT2D eigenvalue weighted by atomic mass is 16.3. The monoisotopic (exact) mass is 963 g/mol. The van der Waals surface area contributed by atoms with E-state index in [1.165, 1.54) is 99.8 Å². The van der Waals surface area contributed by atoms with Crippen LogP contribution in [0.4, 0.5) is 17.1 Å². The van der Waals surface area contributed by atoms with Crippen LogP contribution in [0.1, 0.15) is 74.9 Å². The molecule has 11 aromatic carbocycles. The molecule has 0 saturated heterocycles. The SMILES string of the molecule is CC(C)(C)c1ccc2c(c1)C1(c3cc(-c4cccc(-c5cccc6ccccc56)c4)ccc3-c3ccc(N(c4ccc(-c5ccccc5)cc4)c4cccc5c4oc4ccccc45)cc31)c1cc(C(C)(C)C)ccc1-2. The fourth-order valence-electron chi connectivity index (χ4n) is 12.6. The van der Waals surface area contributed by atoms with Gasteiger partial charge in [0.2, 0.25) is 0 Å². The molecule has 0 fully saturated rings. The van der Waals surface area contributed by atoms with Crippen molar-refractivity contribution in [3.63, 3.8) is 0 Å². The number of hydrogen-bond acceptors (Lipinski definition) is 2. The molecule has 12 aromatic rings. The van der Waals surface area contributed by atoms with E-state index >= 15 is 0 Å². The number of nitrogens with zero attached hydrogens (tertiary/aromatic N) is 1. The molecule has 75 heavy (non-hydrogen) atoms. The molecule has 1 heterocycles. The van der Waals surface area contributed by atoms with Crippen LogP contribution in [0.25, 0.3) is 88.3 Å². The first kappa shape index (κ1) is 44.9. The Morgan fingerprint density at radius 3 is 1.55 bits per heavy atom. The first-order valence-corrected chi connectivity index (χ1v) is 26.5. The Morgan fingerprint density at radius 2 is 0.827 bits per heavy atom. The zero-order chi connectivity index (χ0) is 50.8. The molecule has 2 heteroatoms. The van der Waals surface area contributed by atoms with Crippen LogP contribution in [-0.4, -0.2) is 0 Å². The third-order valence-corrected chi connectivity index (χ3v) is 16.4. The van der Waals surface area contributed by atoms with Gasteiger partial charge in [-0.25, -0.2) is 0 Å². The fraction of sp³-hybridized carbons (Fsp3) is 0.123. The maximum absolute atomic E-state index is 6.89. The third-order valence-electron chi connectivity index (χ3n) is 16.4. The molecule has 2 aliphatic rings. The van der Waals surface area contributed by atoms with Crippen molar-refractivity contribution in [1.82, 2.24) is 0 Å². The molecule has 1 aromatic heterocycles. The second-order valence-electron chi connectivity index (χ2n) is 22.9. The lowest BCUT2D eigenvalue weighted by atomic mass is 9.68. The predicted molar refractivity (Wildman–Crippen MR) is 316 cm³/mol. The van der Waals surface area contributed by atoms with Crippen LogP contribution in [0.15, 0.2) is 241 Å². The number of para-hydroxylation sites is 2. The number of anilines is 3. The summed E-state index contributed by atoms with van der Waals surface area (Å²) in [5.41, 5.74) is 24.3. The Balaban J connectivity index is 1.04. The van der Waals surface area contributed by atoms with E-state index in [1.807, 2.05) is 0 Å². The van der Waals surface area contributed by atoms with Crippen LogP contribution in [-0.2, 0) is 16.2 Å². The molecule has 14 rings (SSSR count). The van der Waals surface area contributed by atoms with Crippen molar-refractivity contribution in [3.05, 3.63) is 270 Å². The van der Waals surface area contributed by atoms with Gasteiger partial charge in [0.05, 0.1) is 11.1 Å². The first-order chi connectivity index (χ1) is 36.4. The van der Waals surface area contributed by atoms with Crippen molar-refractivity contribution in [2.45, 2.75) is 57.8 Å². The summed E-state index contributed by atoms with van der Waals surface area (Å²) in [6.45, 7) is 14.1. The minimum atomic E-state index is -0.647. The van der Waals surface area contributed by atoms with Crippen molar-refractivity contribution in [3.8, 4) is 55.6 Å². The Morgan fingerprint density at radius 1 is 0.333 bits per heavy atom. The first-order valence-electron chi connectivity index (χ1n) is 26.5. The molecule has 0 bridgehead atoms. The second-order valence-corrected chi connectivity index (χ2v) is 22.9. The third kappa shape index (κ3) is 7.00. The summed E-state index contributed by atoms with van der Waals surface area (Å²) in [5.74, 6) is 0. The van der Waals surface area contributed by atoms with Crippen LogP contribution in [0.3, 0.4) is 0 Å². The second kappa shape index (κ2) is 16.6. The highest BCUT2D eigenvalue weighted by molar-refractivity contribution is 6.10. The molecule has 0 N–H and O–H groups in total. The molecule has 360 valence electrons. The number of rotatable bonds is 6. The number of furan rings is 1. The molecule has 2 aliphatic carbocycles. The van der Waals surface area contributed by atoms with Crippen molar-refractivity contribution >= 4 is 49.8 Å². The largest absolute Gasteiger partial charge is 0.454 e. The average molecular weight is 964 g/mol. The predicted octanol–water partition coefficient (Wildman–Crippen LogP) is 20.1. The van der Waals surface area contributed by atoms with E-state index in [0.717, 1.165) is 39.0 Å². The highest BCUT2D eigenvalue weighted by Gasteiger charge is 2.53. The molecule has 2 nitrogen and oxygen atoms in total. The van der Waals surface area contributed by atoms with Gasteiger partial charge in [-0.15, -0.1) is 0 Å². The molecular formula is C73H57NO. The van der Waals surface area contributed by atoms with Gasteiger partial charge in [0, 0.05) is 22.1 Å². The Bertz CT molecular complexity index is 4180. The van der Waals surface area contributed by atoms with E-state index < -0.39 is 5.41 Å². The lowest BCUT2D eigenvalue weighted by Gasteiger charge is -2.34.